The molecule has 0 amide bonds. The van der Waals surface area contributed by atoms with Crippen LogP contribution in [-0.2, 0) is 20.9 Å². The van der Waals surface area contributed by atoms with Gasteiger partial charge in [0.05, 0.1) is 30.2 Å². The molecule has 3 rings (SSSR count). The maximum absolute atomic E-state index is 13.9. The number of rotatable bonds is 4. The smallest absolute Gasteiger partial charge is 0.378 e. The summed E-state index contributed by atoms with van der Waals surface area (Å²) >= 11 is 0. The summed E-state index contributed by atoms with van der Waals surface area (Å²) in [6.45, 7) is 1.32. The van der Waals surface area contributed by atoms with E-state index in [9.17, 15) is 30.4 Å². The van der Waals surface area contributed by atoms with Crippen LogP contribution in [0.15, 0.2) is 41.3 Å². The number of anilines is 2. The summed E-state index contributed by atoms with van der Waals surface area (Å²) in [7, 11) is -4.60. The number of morpholine rings is 1. The number of nitrogens with one attached hydrogen (secondary N) is 1. The van der Waals surface area contributed by atoms with Gasteiger partial charge in [-0.05, 0) is 30.3 Å². The maximum atomic E-state index is 13.9. The highest BCUT2D eigenvalue weighted by Gasteiger charge is 2.32. The fourth-order valence-electron chi connectivity index (χ4n) is 2.77. The molecule has 0 saturated carbocycles. The molecule has 0 unspecified atom stereocenters. The number of nitrogens with zero attached hydrogens (tertiary/aromatic N) is 1. The van der Waals surface area contributed by atoms with Gasteiger partial charge in [0.25, 0.3) is 10.0 Å². The monoisotopic (exact) mass is 422 g/mol. The van der Waals surface area contributed by atoms with Crippen molar-refractivity contribution in [3.63, 3.8) is 0 Å². The van der Waals surface area contributed by atoms with Gasteiger partial charge in [0.2, 0.25) is 0 Å². The summed E-state index contributed by atoms with van der Waals surface area (Å²) in [6, 6.07) is 4.45. The van der Waals surface area contributed by atoms with Crippen molar-refractivity contribution in [2.75, 3.05) is 35.9 Å². The SMILES string of the molecule is O=S(=O)(Nc1cc(C(F)(F)F)ccc1N1CCOCC1)c1ccc(F)cc1F. The van der Waals surface area contributed by atoms with Crippen molar-refractivity contribution in [3.05, 3.63) is 53.6 Å². The van der Waals surface area contributed by atoms with E-state index in [0.717, 1.165) is 18.2 Å². The highest BCUT2D eigenvalue weighted by Crippen LogP contribution is 2.36. The molecule has 1 N–H and O–H groups in total. The van der Waals surface area contributed by atoms with Gasteiger partial charge in [-0.1, -0.05) is 0 Å². The minimum absolute atomic E-state index is 0.197. The average Bonchev–Trinajstić information content (AvgIpc) is 2.61. The molecule has 0 aliphatic carbocycles. The molecule has 11 heteroatoms. The van der Waals surface area contributed by atoms with Gasteiger partial charge in [-0.3, -0.25) is 4.72 Å². The van der Waals surface area contributed by atoms with Crippen LogP contribution in [0.25, 0.3) is 0 Å². The number of benzene rings is 2. The number of sulfonamides is 1. The highest BCUT2D eigenvalue weighted by atomic mass is 32.2. The Kier molecular flexibility index (Phi) is 5.48. The Morgan fingerprint density at radius 3 is 2.29 bits per heavy atom. The largest absolute Gasteiger partial charge is 0.416 e. The van der Waals surface area contributed by atoms with E-state index >= 15 is 0 Å². The lowest BCUT2D eigenvalue weighted by Gasteiger charge is -2.31. The van der Waals surface area contributed by atoms with Gasteiger partial charge < -0.3 is 9.64 Å². The first-order valence-electron chi connectivity index (χ1n) is 8.10. The van der Waals surface area contributed by atoms with E-state index < -0.39 is 38.3 Å². The second kappa shape index (κ2) is 7.55. The lowest BCUT2D eigenvalue weighted by Crippen LogP contribution is -2.37. The molecule has 0 radical (unpaired) electrons. The Hall–Kier alpha value is -2.40. The van der Waals surface area contributed by atoms with Crippen molar-refractivity contribution in [2.24, 2.45) is 0 Å². The second-order valence-electron chi connectivity index (χ2n) is 6.01. The standard InChI is InChI=1S/C17H15F5N2O3S/c18-12-2-4-16(13(19)10-12)28(25,26)23-14-9-11(17(20,21)22)1-3-15(14)24-5-7-27-8-6-24/h1-4,9-10,23H,5-8H2. The summed E-state index contributed by atoms with van der Waals surface area (Å²) in [5.74, 6) is -2.34. The Morgan fingerprint density at radius 2 is 1.68 bits per heavy atom. The van der Waals surface area contributed by atoms with Crippen LogP contribution in [0.1, 0.15) is 5.56 Å². The molecule has 2 aromatic carbocycles. The normalized spacial score (nSPS) is 15.5. The molecule has 0 atom stereocenters. The first-order valence-corrected chi connectivity index (χ1v) is 9.58. The van der Waals surface area contributed by atoms with E-state index in [1.54, 1.807) is 4.90 Å². The van der Waals surface area contributed by atoms with Gasteiger partial charge in [0.15, 0.2) is 0 Å². The summed E-state index contributed by atoms with van der Waals surface area (Å²) in [6.07, 6.45) is -4.70. The van der Waals surface area contributed by atoms with Gasteiger partial charge in [0, 0.05) is 19.2 Å². The minimum atomic E-state index is -4.70. The molecular weight excluding hydrogens is 407 g/mol. The van der Waals surface area contributed by atoms with Crippen molar-refractivity contribution in [1.29, 1.82) is 0 Å². The fourth-order valence-corrected chi connectivity index (χ4v) is 3.89. The maximum Gasteiger partial charge on any atom is 0.416 e. The van der Waals surface area contributed by atoms with Crippen LogP contribution in [0.2, 0.25) is 0 Å². The van der Waals surface area contributed by atoms with E-state index in [1.165, 1.54) is 0 Å². The number of alkyl halides is 3. The Balaban J connectivity index is 2.04. The Labute approximate surface area is 157 Å². The van der Waals surface area contributed by atoms with E-state index in [-0.39, 0.29) is 11.4 Å². The van der Waals surface area contributed by atoms with Crippen LogP contribution in [0, 0.1) is 11.6 Å². The van der Waals surface area contributed by atoms with Crippen LogP contribution >= 0.6 is 0 Å². The Bertz CT molecular complexity index is 973. The lowest BCUT2D eigenvalue weighted by molar-refractivity contribution is -0.137. The molecule has 0 bridgehead atoms. The molecule has 5 nitrogen and oxygen atoms in total. The minimum Gasteiger partial charge on any atom is -0.378 e. The second-order valence-corrected chi connectivity index (χ2v) is 7.66. The quantitative estimate of drug-likeness (QED) is 0.765. The van der Waals surface area contributed by atoms with E-state index in [1.807, 2.05) is 4.72 Å². The molecule has 1 saturated heterocycles. The third-order valence-corrected chi connectivity index (χ3v) is 5.50. The third kappa shape index (κ3) is 4.36. The summed E-state index contributed by atoms with van der Waals surface area (Å²) in [5.41, 5.74) is -1.23. The van der Waals surface area contributed by atoms with Gasteiger partial charge in [-0.25, -0.2) is 17.2 Å². The molecule has 1 aliphatic rings. The van der Waals surface area contributed by atoms with E-state index in [4.69, 9.17) is 4.74 Å². The predicted octanol–water partition coefficient (Wildman–Crippen LogP) is 3.62. The molecule has 28 heavy (non-hydrogen) atoms. The van der Waals surface area contributed by atoms with E-state index in [0.29, 0.717) is 44.5 Å². The van der Waals surface area contributed by atoms with Crippen LogP contribution < -0.4 is 9.62 Å². The van der Waals surface area contributed by atoms with Crippen LogP contribution in [-0.4, -0.2) is 34.7 Å². The van der Waals surface area contributed by atoms with Gasteiger partial charge in [-0.2, -0.15) is 13.2 Å². The molecule has 1 heterocycles. The summed E-state index contributed by atoms with van der Waals surface area (Å²) in [5, 5.41) is 0. The summed E-state index contributed by atoms with van der Waals surface area (Å²) < 4.78 is 98.5. The van der Waals surface area contributed by atoms with Crippen molar-refractivity contribution in [1.82, 2.24) is 0 Å². The topological polar surface area (TPSA) is 58.6 Å². The molecule has 1 aliphatic heterocycles. The van der Waals surface area contributed by atoms with Crippen LogP contribution in [0.3, 0.4) is 0 Å². The zero-order valence-electron chi connectivity index (χ0n) is 14.3. The molecule has 0 aromatic heterocycles. The molecule has 2 aromatic rings. The zero-order valence-corrected chi connectivity index (χ0v) is 15.1. The molecular formula is C17H15F5N2O3S. The zero-order chi connectivity index (χ0) is 20.5. The molecule has 1 fully saturated rings. The number of hydrogen-bond acceptors (Lipinski definition) is 4. The van der Waals surface area contributed by atoms with Crippen LogP contribution in [0.4, 0.5) is 33.3 Å². The van der Waals surface area contributed by atoms with Crippen molar-refractivity contribution >= 4 is 21.4 Å². The number of ether oxygens (including phenoxy) is 1. The van der Waals surface area contributed by atoms with Gasteiger partial charge in [-0.15, -0.1) is 0 Å². The Morgan fingerprint density at radius 1 is 1.00 bits per heavy atom. The van der Waals surface area contributed by atoms with E-state index in [2.05, 4.69) is 0 Å². The molecule has 152 valence electrons. The lowest BCUT2D eigenvalue weighted by atomic mass is 10.1. The third-order valence-electron chi connectivity index (χ3n) is 4.10. The average molecular weight is 422 g/mol. The highest BCUT2D eigenvalue weighted by molar-refractivity contribution is 7.92. The first-order chi connectivity index (χ1) is 13.1. The van der Waals surface area contributed by atoms with Crippen molar-refractivity contribution in [3.8, 4) is 0 Å². The number of hydrogen-bond donors (Lipinski definition) is 1. The van der Waals surface area contributed by atoms with Crippen molar-refractivity contribution in [2.45, 2.75) is 11.1 Å². The van der Waals surface area contributed by atoms with Crippen molar-refractivity contribution < 1.29 is 35.1 Å². The van der Waals surface area contributed by atoms with Gasteiger partial charge in [0.1, 0.15) is 16.5 Å². The van der Waals surface area contributed by atoms with Crippen LogP contribution in [0.5, 0.6) is 0 Å². The first kappa shape index (κ1) is 20.3. The predicted molar refractivity (Wildman–Crippen MR) is 91.6 cm³/mol. The summed E-state index contributed by atoms with van der Waals surface area (Å²) in [4.78, 5) is 0.780. The van der Waals surface area contributed by atoms with Gasteiger partial charge >= 0.3 is 6.18 Å². The molecule has 0 spiro atoms. The number of halogens is 5. The fraction of sp³-hybridized carbons (Fsp3) is 0.294.